The van der Waals surface area contributed by atoms with Crippen LogP contribution in [-0.2, 0) is 16.0 Å². The number of amidine groups is 1. The van der Waals surface area contributed by atoms with Gasteiger partial charge >= 0.3 is 5.97 Å². The average Bonchev–Trinajstić information content (AvgIpc) is 2.51. The second-order valence-electron chi connectivity index (χ2n) is 5.90. The lowest BCUT2D eigenvalue weighted by Gasteiger charge is -2.27. The Kier molecular flexibility index (Phi) is 5.75. The van der Waals surface area contributed by atoms with Gasteiger partial charge in [0.1, 0.15) is 11.9 Å². The van der Waals surface area contributed by atoms with Crippen LogP contribution in [0.15, 0.2) is 36.9 Å². The number of carbonyl (C=O) groups excluding carboxylic acids is 1. The van der Waals surface area contributed by atoms with E-state index < -0.39 is 0 Å². The largest absolute Gasteiger partial charge is 0.462 e. The van der Waals surface area contributed by atoms with Gasteiger partial charge in [0.15, 0.2) is 0 Å². The maximum absolute atomic E-state index is 11.5. The first-order chi connectivity index (χ1) is 10.6. The van der Waals surface area contributed by atoms with E-state index in [2.05, 4.69) is 6.58 Å². The quantitative estimate of drug-likeness (QED) is 0.267. The van der Waals surface area contributed by atoms with Crippen LogP contribution < -0.4 is 5.73 Å². The topological polar surface area (TPSA) is 76.2 Å². The molecule has 0 amide bonds. The zero-order valence-corrected chi connectivity index (χ0v) is 12.9. The number of nitrogens with two attached hydrogens (primary N) is 1. The first kappa shape index (κ1) is 16.3. The van der Waals surface area contributed by atoms with E-state index in [1.165, 1.54) is 5.56 Å². The number of nitrogens with one attached hydrogen (secondary N) is 1. The van der Waals surface area contributed by atoms with Gasteiger partial charge in [0.05, 0.1) is 6.42 Å². The Bertz CT molecular complexity index is 537. The second-order valence-corrected chi connectivity index (χ2v) is 5.90. The van der Waals surface area contributed by atoms with Gasteiger partial charge in [-0.3, -0.25) is 10.2 Å². The predicted molar refractivity (Wildman–Crippen MR) is 87.8 cm³/mol. The fraction of sp³-hybridized carbons (Fsp3) is 0.444. The fourth-order valence-corrected chi connectivity index (χ4v) is 2.83. The molecular weight excluding hydrogens is 276 g/mol. The molecule has 4 heteroatoms. The molecule has 2 rings (SSSR count). The molecule has 2 atom stereocenters. The van der Waals surface area contributed by atoms with Gasteiger partial charge in [-0.1, -0.05) is 30.3 Å². The fourth-order valence-electron chi connectivity index (χ4n) is 2.83. The number of benzene rings is 1. The zero-order chi connectivity index (χ0) is 15.9. The van der Waals surface area contributed by atoms with Crippen molar-refractivity contribution in [2.24, 2.45) is 11.7 Å². The average molecular weight is 300 g/mol. The second kappa shape index (κ2) is 7.78. The Labute approximate surface area is 131 Å². The number of rotatable bonds is 7. The van der Waals surface area contributed by atoms with Crippen LogP contribution in [0.5, 0.6) is 0 Å². The van der Waals surface area contributed by atoms with Crippen LogP contribution in [-0.4, -0.2) is 17.9 Å². The number of hydrogen-bond acceptors (Lipinski definition) is 3. The Balaban J connectivity index is 1.71. The Morgan fingerprint density at radius 3 is 2.73 bits per heavy atom. The van der Waals surface area contributed by atoms with E-state index in [4.69, 9.17) is 15.9 Å². The van der Waals surface area contributed by atoms with Crippen LogP contribution in [0, 0.1) is 11.3 Å². The summed E-state index contributed by atoms with van der Waals surface area (Å²) < 4.78 is 5.39. The first-order valence-corrected chi connectivity index (χ1v) is 7.84. The monoisotopic (exact) mass is 300 g/mol. The predicted octanol–water partition coefficient (Wildman–Crippen LogP) is 3.19. The van der Waals surface area contributed by atoms with Crippen LogP contribution in [0.25, 0.3) is 0 Å². The minimum Gasteiger partial charge on any atom is -0.462 e. The van der Waals surface area contributed by atoms with Crippen molar-refractivity contribution in [3.05, 3.63) is 48.0 Å². The van der Waals surface area contributed by atoms with E-state index >= 15 is 0 Å². The molecule has 1 saturated heterocycles. The number of hydrogen-bond donors (Lipinski definition) is 2. The molecule has 4 nitrogen and oxygen atoms in total. The molecule has 22 heavy (non-hydrogen) atoms. The number of unbranched alkanes of at least 4 members (excludes halogenated alkanes) is 1. The first-order valence-electron chi connectivity index (χ1n) is 7.84. The number of aryl methyl sites for hydroxylation is 1. The number of nitrogen functional groups attached to an aromatic ring is 1. The zero-order valence-electron chi connectivity index (χ0n) is 12.9. The van der Waals surface area contributed by atoms with Crippen LogP contribution in [0.2, 0.25) is 0 Å². The highest BCUT2D eigenvalue weighted by Gasteiger charge is 2.26. The lowest BCUT2D eigenvalue weighted by atomic mass is 9.92. The summed E-state index contributed by atoms with van der Waals surface area (Å²) in [7, 11) is 0. The van der Waals surface area contributed by atoms with E-state index in [1.807, 2.05) is 30.3 Å². The van der Waals surface area contributed by atoms with Crippen molar-refractivity contribution < 1.29 is 9.53 Å². The highest BCUT2D eigenvalue weighted by molar-refractivity contribution is 5.94. The molecule has 1 heterocycles. The molecular formula is C18H24N2O2. The standard InChI is InChI=1S/C18H24N2O2/c1-2-13-11-16(22-17(21)12-13)6-4-3-5-14-7-9-15(10-8-14)18(19)20/h2,7-10,13,16H,1,3-6,11-12H2,(H3,19,20)/t13-,16+/m0/s1. The van der Waals surface area contributed by atoms with Crippen LogP contribution in [0.1, 0.15) is 43.2 Å². The highest BCUT2D eigenvalue weighted by atomic mass is 16.5. The molecule has 0 spiro atoms. The van der Waals surface area contributed by atoms with Crippen LogP contribution >= 0.6 is 0 Å². The van der Waals surface area contributed by atoms with Crippen LogP contribution in [0.3, 0.4) is 0 Å². The van der Waals surface area contributed by atoms with E-state index in [-0.39, 0.29) is 23.8 Å². The molecule has 0 unspecified atom stereocenters. The molecule has 1 fully saturated rings. The lowest BCUT2D eigenvalue weighted by Crippen LogP contribution is -2.28. The molecule has 0 aromatic heterocycles. The smallest absolute Gasteiger partial charge is 0.306 e. The SMILES string of the molecule is C=C[C@@H]1CC(=O)O[C@H](CCCCc2ccc(C(=N)N)cc2)C1. The van der Waals surface area contributed by atoms with Crippen molar-refractivity contribution in [1.82, 2.24) is 0 Å². The summed E-state index contributed by atoms with van der Waals surface area (Å²) in [5.41, 5.74) is 7.44. The number of esters is 1. The molecule has 1 aliphatic heterocycles. The Hall–Kier alpha value is -2.10. The molecule has 0 radical (unpaired) electrons. The maximum atomic E-state index is 11.5. The lowest BCUT2D eigenvalue weighted by molar-refractivity contribution is -0.156. The number of allylic oxidation sites excluding steroid dienone is 1. The maximum Gasteiger partial charge on any atom is 0.306 e. The van der Waals surface area contributed by atoms with Gasteiger partial charge in [-0.15, -0.1) is 6.58 Å². The van der Waals surface area contributed by atoms with Gasteiger partial charge in [-0.25, -0.2) is 0 Å². The van der Waals surface area contributed by atoms with Crippen molar-refractivity contribution in [3.8, 4) is 0 Å². The van der Waals surface area contributed by atoms with Gasteiger partial charge in [0.2, 0.25) is 0 Å². The summed E-state index contributed by atoms with van der Waals surface area (Å²) in [6.07, 6.45) is 7.30. The summed E-state index contributed by atoms with van der Waals surface area (Å²) in [6, 6.07) is 7.81. The van der Waals surface area contributed by atoms with E-state index in [0.29, 0.717) is 6.42 Å². The number of carbonyl (C=O) groups is 1. The Morgan fingerprint density at radius 1 is 1.36 bits per heavy atom. The van der Waals surface area contributed by atoms with Crippen molar-refractivity contribution >= 4 is 11.8 Å². The summed E-state index contributed by atoms with van der Waals surface area (Å²) in [5, 5.41) is 7.37. The number of cyclic esters (lactones) is 1. The van der Waals surface area contributed by atoms with E-state index in [0.717, 1.165) is 37.7 Å². The summed E-state index contributed by atoms with van der Waals surface area (Å²) >= 11 is 0. The molecule has 1 aromatic carbocycles. The van der Waals surface area contributed by atoms with Crippen molar-refractivity contribution in [2.45, 2.75) is 44.6 Å². The van der Waals surface area contributed by atoms with Crippen molar-refractivity contribution in [3.63, 3.8) is 0 Å². The molecule has 0 bridgehead atoms. The molecule has 118 valence electrons. The molecule has 0 aliphatic carbocycles. The van der Waals surface area contributed by atoms with Gasteiger partial charge in [-0.05, 0) is 43.6 Å². The van der Waals surface area contributed by atoms with Crippen LogP contribution in [0.4, 0.5) is 0 Å². The normalized spacial score (nSPS) is 21.2. The van der Waals surface area contributed by atoms with Crippen molar-refractivity contribution in [2.75, 3.05) is 0 Å². The summed E-state index contributed by atoms with van der Waals surface area (Å²) in [6.45, 7) is 3.78. The van der Waals surface area contributed by atoms with Gasteiger partial charge in [0, 0.05) is 5.56 Å². The van der Waals surface area contributed by atoms with Gasteiger partial charge < -0.3 is 10.5 Å². The molecule has 0 saturated carbocycles. The summed E-state index contributed by atoms with van der Waals surface area (Å²) in [5.74, 6) is 0.272. The minimum atomic E-state index is -0.0963. The van der Waals surface area contributed by atoms with Gasteiger partial charge in [0.25, 0.3) is 0 Å². The third-order valence-corrected chi connectivity index (χ3v) is 4.13. The number of ether oxygens (including phenoxy) is 1. The molecule has 1 aromatic rings. The van der Waals surface area contributed by atoms with Gasteiger partial charge in [-0.2, -0.15) is 0 Å². The molecule has 3 N–H and O–H groups in total. The van der Waals surface area contributed by atoms with E-state index in [9.17, 15) is 4.79 Å². The molecule has 1 aliphatic rings. The minimum absolute atomic E-state index is 0.0457. The van der Waals surface area contributed by atoms with Crippen molar-refractivity contribution in [1.29, 1.82) is 5.41 Å². The third kappa shape index (κ3) is 4.72. The van der Waals surface area contributed by atoms with E-state index in [1.54, 1.807) is 0 Å². The highest BCUT2D eigenvalue weighted by Crippen LogP contribution is 2.25. The summed E-state index contributed by atoms with van der Waals surface area (Å²) in [4.78, 5) is 11.5. The Morgan fingerprint density at radius 2 is 2.09 bits per heavy atom. The third-order valence-electron chi connectivity index (χ3n) is 4.13.